The molecular formula is C31H41FO3Si. The molecule has 3 aromatic carbocycles. The lowest BCUT2D eigenvalue weighted by molar-refractivity contribution is 0.290. The molecule has 3 aromatic rings. The fraction of sp³-hybridized carbons (Fsp3) is 0.419. The number of aryl methyl sites for hydroxylation is 1. The molecule has 36 heavy (non-hydrogen) atoms. The average molecular weight is 509 g/mol. The molecule has 194 valence electrons. The molecule has 0 heterocycles. The highest BCUT2D eigenvalue weighted by atomic mass is 28.4. The van der Waals surface area contributed by atoms with Crippen molar-refractivity contribution in [1.29, 1.82) is 0 Å². The van der Waals surface area contributed by atoms with Crippen LogP contribution in [0.4, 0.5) is 4.39 Å². The van der Waals surface area contributed by atoms with Crippen LogP contribution in [0.15, 0.2) is 54.6 Å². The van der Waals surface area contributed by atoms with Gasteiger partial charge in [-0.05, 0) is 77.8 Å². The molecule has 5 heteroatoms. The van der Waals surface area contributed by atoms with Gasteiger partial charge in [0.25, 0.3) is 0 Å². The molecule has 0 radical (unpaired) electrons. The van der Waals surface area contributed by atoms with E-state index in [1.54, 1.807) is 6.07 Å². The van der Waals surface area contributed by atoms with Crippen LogP contribution in [0, 0.1) is 5.82 Å². The van der Waals surface area contributed by atoms with E-state index in [0.717, 1.165) is 17.5 Å². The molecule has 3 nitrogen and oxygen atoms in total. The highest BCUT2D eigenvalue weighted by Crippen LogP contribution is 2.39. The quantitative estimate of drug-likeness (QED) is 0.163. The van der Waals surface area contributed by atoms with Crippen LogP contribution in [0.25, 0.3) is 22.3 Å². The minimum Gasteiger partial charge on any atom is -0.508 e. The SMILES string of the molecule is CCCCCc1ccc(-c2ccc(-c3cc(O)c(CCO[Si](C)(C)C(C)(C)C)cc3O)c(F)c2)cc1. The summed E-state index contributed by atoms with van der Waals surface area (Å²) in [5.41, 5.74) is 4.14. The predicted molar refractivity (Wildman–Crippen MR) is 151 cm³/mol. The molecule has 0 atom stereocenters. The molecule has 0 aliphatic carbocycles. The molecule has 2 N–H and O–H groups in total. The van der Waals surface area contributed by atoms with Crippen LogP contribution in [0.3, 0.4) is 0 Å². The maximum atomic E-state index is 15.2. The molecule has 0 amide bonds. The number of phenols is 2. The molecule has 0 bridgehead atoms. The van der Waals surface area contributed by atoms with Gasteiger partial charge in [-0.1, -0.05) is 76.9 Å². The van der Waals surface area contributed by atoms with Gasteiger partial charge < -0.3 is 14.6 Å². The Labute approximate surface area is 217 Å². The number of phenolic OH excluding ortho intramolecular Hbond substituents is 2. The standard InChI is InChI=1S/C31H41FO3Si/c1-7-8-9-10-22-11-13-23(14-12-22)24-15-16-26(28(32)19-24)27-21-29(33)25(20-30(27)34)17-18-35-36(5,6)31(2,3)4/h11-16,19-21,33-34H,7-10,17-18H2,1-6H3. The van der Waals surface area contributed by atoms with E-state index in [-0.39, 0.29) is 27.7 Å². The first-order valence-electron chi connectivity index (χ1n) is 13.0. The number of halogens is 1. The third-order valence-corrected chi connectivity index (χ3v) is 12.0. The zero-order valence-corrected chi connectivity index (χ0v) is 23.6. The summed E-state index contributed by atoms with van der Waals surface area (Å²) < 4.78 is 21.4. The van der Waals surface area contributed by atoms with Crippen LogP contribution in [0.2, 0.25) is 18.1 Å². The number of hydrogen-bond acceptors (Lipinski definition) is 3. The molecule has 0 fully saturated rings. The van der Waals surface area contributed by atoms with Crippen molar-refractivity contribution >= 4 is 8.32 Å². The summed E-state index contributed by atoms with van der Waals surface area (Å²) in [6.45, 7) is 13.6. The van der Waals surface area contributed by atoms with E-state index < -0.39 is 14.1 Å². The van der Waals surface area contributed by atoms with Gasteiger partial charge in [0.15, 0.2) is 8.32 Å². The molecular weight excluding hydrogens is 467 g/mol. The molecule has 0 aliphatic heterocycles. The van der Waals surface area contributed by atoms with Gasteiger partial charge in [0.2, 0.25) is 0 Å². The molecule has 0 saturated carbocycles. The van der Waals surface area contributed by atoms with E-state index in [4.69, 9.17) is 4.43 Å². The Balaban J connectivity index is 1.74. The van der Waals surface area contributed by atoms with E-state index in [1.807, 2.05) is 18.2 Å². The number of hydrogen-bond donors (Lipinski definition) is 2. The van der Waals surface area contributed by atoms with Crippen LogP contribution in [-0.2, 0) is 17.3 Å². The Kier molecular flexibility index (Phi) is 9.01. The van der Waals surface area contributed by atoms with E-state index >= 15 is 4.39 Å². The van der Waals surface area contributed by atoms with Crippen LogP contribution >= 0.6 is 0 Å². The minimum atomic E-state index is -1.90. The van der Waals surface area contributed by atoms with Gasteiger partial charge in [0.05, 0.1) is 0 Å². The summed E-state index contributed by atoms with van der Waals surface area (Å²) in [6, 6.07) is 16.2. The van der Waals surface area contributed by atoms with Gasteiger partial charge in [0.1, 0.15) is 17.3 Å². The summed E-state index contributed by atoms with van der Waals surface area (Å²) in [5.74, 6) is -0.467. The Morgan fingerprint density at radius 3 is 2.08 bits per heavy atom. The van der Waals surface area contributed by atoms with Gasteiger partial charge in [-0.3, -0.25) is 0 Å². The fourth-order valence-corrected chi connectivity index (χ4v) is 5.07. The largest absolute Gasteiger partial charge is 0.508 e. The van der Waals surface area contributed by atoms with Crippen LogP contribution < -0.4 is 0 Å². The predicted octanol–water partition coefficient (Wildman–Crippen LogP) is 8.87. The Bertz CT molecular complexity index is 1160. The van der Waals surface area contributed by atoms with Crippen molar-refractivity contribution in [3.05, 3.63) is 71.5 Å². The Morgan fingerprint density at radius 2 is 1.47 bits per heavy atom. The second-order valence-corrected chi connectivity index (χ2v) is 16.0. The van der Waals surface area contributed by atoms with E-state index in [1.165, 1.54) is 43.0 Å². The third-order valence-electron chi connectivity index (χ3n) is 7.45. The highest BCUT2D eigenvalue weighted by Gasteiger charge is 2.36. The van der Waals surface area contributed by atoms with Gasteiger partial charge in [-0.2, -0.15) is 0 Å². The summed E-state index contributed by atoms with van der Waals surface area (Å²) in [5, 5.41) is 21.4. The van der Waals surface area contributed by atoms with Gasteiger partial charge in [0, 0.05) is 17.7 Å². The topological polar surface area (TPSA) is 49.7 Å². The molecule has 0 aromatic heterocycles. The lowest BCUT2D eigenvalue weighted by Crippen LogP contribution is -2.41. The first kappa shape index (κ1) is 27.9. The van der Waals surface area contributed by atoms with Crippen molar-refractivity contribution in [3.8, 4) is 33.8 Å². The van der Waals surface area contributed by atoms with Crippen molar-refractivity contribution < 1.29 is 19.0 Å². The molecule has 0 spiro atoms. The van der Waals surface area contributed by atoms with Crippen LogP contribution in [0.1, 0.15) is 58.1 Å². The zero-order chi connectivity index (χ0) is 26.5. The summed E-state index contributed by atoms with van der Waals surface area (Å²) in [4.78, 5) is 0. The Morgan fingerprint density at radius 1 is 0.806 bits per heavy atom. The third kappa shape index (κ3) is 6.77. The number of benzene rings is 3. The second-order valence-electron chi connectivity index (χ2n) is 11.2. The second kappa shape index (κ2) is 11.6. The van der Waals surface area contributed by atoms with E-state index in [2.05, 4.69) is 52.9 Å². The van der Waals surface area contributed by atoms with Gasteiger partial charge in [-0.25, -0.2) is 4.39 Å². The summed E-state index contributed by atoms with van der Waals surface area (Å²) >= 11 is 0. The number of aromatic hydroxyl groups is 2. The normalized spacial score (nSPS) is 12.2. The minimum absolute atomic E-state index is 0.0313. The zero-order valence-electron chi connectivity index (χ0n) is 22.6. The van der Waals surface area contributed by atoms with Crippen molar-refractivity contribution in [2.24, 2.45) is 0 Å². The molecule has 0 saturated heterocycles. The van der Waals surface area contributed by atoms with Crippen molar-refractivity contribution in [3.63, 3.8) is 0 Å². The highest BCUT2D eigenvalue weighted by molar-refractivity contribution is 6.74. The van der Waals surface area contributed by atoms with Gasteiger partial charge in [-0.15, -0.1) is 0 Å². The van der Waals surface area contributed by atoms with E-state index in [9.17, 15) is 10.2 Å². The van der Waals surface area contributed by atoms with Crippen LogP contribution in [-0.4, -0.2) is 25.1 Å². The van der Waals surface area contributed by atoms with Gasteiger partial charge >= 0.3 is 0 Å². The molecule has 0 aliphatic rings. The average Bonchev–Trinajstić information content (AvgIpc) is 2.81. The van der Waals surface area contributed by atoms with Crippen LogP contribution in [0.5, 0.6) is 11.5 Å². The maximum absolute atomic E-state index is 15.2. The Hall–Kier alpha value is -2.63. The molecule has 0 unspecified atom stereocenters. The first-order valence-corrected chi connectivity index (χ1v) is 15.9. The summed E-state index contributed by atoms with van der Waals surface area (Å²) in [7, 11) is -1.90. The van der Waals surface area contributed by atoms with Crippen molar-refractivity contribution in [1.82, 2.24) is 0 Å². The summed E-state index contributed by atoms with van der Waals surface area (Å²) in [6.07, 6.45) is 5.14. The maximum Gasteiger partial charge on any atom is 0.191 e. The number of rotatable bonds is 10. The fourth-order valence-electron chi connectivity index (χ4n) is 4.02. The molecule has 3 rings (SSSR count). The smallest absolute Gasteiger partial charge is 0.191 e. The van der Waals surface area contributed by atoms with E-state index in [0.29, 0.717) is 18.6 Å². The lowest BCUT2D eigenvalue weighted by Gasteiger charge is -2.36. The monoisotopic (exact) mass is 508 g/mol. The van der Waals surface area contributed by atoms with Crippen molar-refractivity contribution in [2.75, 3.05) is 6.61 Å². The number of unbranched alkanes of at least 4 members (excludes halogenated alkanes) is 2. The first-order chi connectivity index (χ1) is 16.9. The lowest BCUT2D eigenvalue weighted by atomic mass is 9.96. The van der Waals surface area contributed by atoms with Crippen molar-refractivity contribution in [2.45, 2.75) is 77.9 Å².